The molecule has 17 heavy (non-hydrogen) atoms. The Morgan fingerprint density at radius 1 is 1.35 bits per heavy atom. The van der Waals surface area contributed by atoms with Crippen LogP contribution in [0.2, 0.25) is 0 Å². The maximum Gasteiger partial charge on any atom is 0.314 e. The van der Waals surface area contributed by atoms with Crippen molar-refractivity contribution in [2.24, 2.45) is 0 Å². The maximum absolute atomic E-state index is 11.6. The Hall–Kier alpha value is -1.51. The Morgan fingerprint density at radius 2 is 2.00 bits per heavy atom. The second kappa shape index (κ2) is 4.06. The van der Waals surface area contributed by atoms with Gasteiger partial charge in [0.25, 0.3) is 0 Å². The van der Waals surface area contributed by atoms with Gasteiger partial charge in [0, 0.05) is 5.56 Å². The molecular weight excluding hydrogens is 216 g/mol. The van der Waals surface area contributed by atoms with E-state index in [1.165, 1.54) is 0 Å². The van der Waals surface area contributed by atoms with Gasteiger partial charge in [-0.25, -0.2) is 0 Å². The summed E-state index contributed by atoms with van der Waals surface area (Å²) in [5.74, 6) is -0.0152. The molecule has 0 amide bonds. The summed E-state index contributed by atoms with van der Waals surface area (Å²) in [4.78, 5) is 11.6. The molecule has 1 N–H and O–H groups in total. The Kier molecular flexibility index (Phi) is 2.86. The lowest BCUT2D eigenvalue weighted by Gasteiger charge is -2.40. The summed E-state index contributed by atoms with van der Waals surface area (Å²) >= 11 is 0. The van der Waals surface area contributed by atoms with E-state index in [0.29, 0.717) is 18.6 Å². The Morgan fingerprint density at radius 3 is 2.41 bits per heavy atom. The van der Waals surface area contributed by atoms with E-state index in [1.54, 1.807) is 7.11 Å². The molecule has 0 radical (unpaired) electrons. The second-order valence-corrected chi connectivity index (χ2v) is 4.90. The second-order valence-electron chi connectivity index (χ2n) is 4.90. The molecule has 1 aromatic carbocycles. The van der Waals surface area contributed by atoms with Gasteiger partial charge >= 0.3 is 5.97 Å². The lowest BCUT2D eigenvalue weighted by Crippen LogP contribution is -2.43. The Balaban J connectivity index is 2.61. The van der Waals surface area contributed by atoms with Crippen LogP contribution in [0.4, 0.5) is 0 Å². The number of hydrogen-bond acceptors (Lipinski definition) is 2. The van der Waals surface area contributed by atoms with Gasteiger partial charge in [-0.3, -0.25) is 4.79 Å². The van der Waals surface area contributed by atoms with Crippen molar-refractivity contribution in [2.45, 2.75) is 38.5 Å². The minimum Gasteiger partial charge on any atom is -0.496 e. The van der Waals surface area contributed by atoms with E-state index in [2.05, 4.69) is 0 Å². The van der Waals surface area contributed by atoms with Crippen LogP contribution >= 0.6 is 0 Å². The van der Waals surface area contributed by atoms with E-state index in [-0.39, 0.29) is 0 Å². The molecule has 0 saturated heterocycles. The molecule has 0 bridgehead atoms. The molecule has 0 aliphatic heterocycles. The van der Waals surface area contributed by atoms with Crippen LogP contribution in [0.1, 0.15) is 36.0 Å². The van der Waals surface area contributed by atoms with Gasteiger partial charge in [-0.05, 0) is 43.9 Å². The minimum absolute atomic E-state index is 0.711. The Labute approximate surface area is 101 Å². The van der Waals surface area contributed by atoms with Gasteiger partial charge < -0.3 is 9.84 Å². The monoisotopic (exact) mass is 234 g/mol. The number of hydrogen-bond donors (Lipinski definition) is 1. The summed E-state index contributed by atoms with van der Waals surface area (Å²) in [5.41, 5.74) is 2.26. The molecule has 1 fully saturated rings. The van der Waals surface area contributed by atoms with Crippen molar-refractivity contribution in [3.8, 4) is 5.75 Å². The predicted molar refractivity (Wildman–Crippen MR) is 65.6 cm³/mol. The van der Waals surface area contributed by atoms with Crippen LogP contribution in [-0.2, 0) is 10.2 Å². The summed E-state index contributed by atoms with van der Waals surface area (Å²) in [6.45, 7) is 3.96. The summed E-state index contributed by atoms with van der Waals surface area (Å²) in [6, 6.07) is 3.95. The molecule has 0 atom stereocenters. The largest absolute Gasteiger partial charge is 0.496 e. The number of carboxylic acid groups (broad SMARTS) is 1. The number of carbonyl (C=O) groups is 1. The fraction of sp³-hybridized carbons (Fsp3) is 0.500. The zero-order valence-corrected chi connectivity index (χ0v) is 10.5. The van der Waals surface area contributed by atoms with Crippen LogP contribution in [0.3, 0.4) is 0 Å². The highest BCUT2D eigenvalue weighted by Crippen LogP contribution is 2.48. The van der Waals surface area contributed by atoms with Gasteiger partial charge in [0.15, 0.2) is 0 Å². The topological polar surface area (TPSA) is 46.5 Å². The first-order chi connectivity index (χ1) is 8.01. The normalized spacial score (nSPS) is 17.4. The van der Waals surface area contributed by atoms with Crippen LogP contribution < -0.4 is 4.74 Å². The molecule has 0 heterocycles. The van der Waals surface area contributed by atoms with Crippen LogP contribution in [0.5, 0.6) is 5.75 Å². The number of carboxylic acids is 1. The zero-order valence-electron chi connectivity index (χ0n) is 10.5. The highest BCUT2D eigenvalue weighted by Gasteiger charge is 2.48. The van der Waals surface area contributed by atoms with Crippen LogP contribution in [0.25, 0.3) is 0 Å². The number of rotatable bonds is 3. The lowest BCUT2D eigenvalue weighted by atomic mass is 9.63. The maximum atomic E-state index is 11.6. The van der Waals surface area contributed by atoms with E-state index in [0.717, 1.165) is 23.1 Å². The molecule has 1 saturated carbocycles. The van der Waals surface area contributed by atoms with Gasteiger partial charge in [-0.2, -0.15) is 0 Å². The van der Waals surface area contributed by atoms with Crippen molar-refractivity contribution in [1.29, 1.82) is 0 Å². The Bertz CT molecular complexity index is 459. The van der Waals surface area contributed by atoms with E-state index in [9.17, 15) is 9.90 Å². The van der Waals surface area contributed by atoms with Gasteiger partial charge in [0.05, 0.1) is 12.5 Å². The van der Waals surface area contributed by atoms with Crippen molar-refractivity contribution >= 4 is 5.97 Å². The molecule has 1 aromatic rings. The average molecular weight is 234 g/mol. The molecule has 3 nitrogen and oxygen atoms in total. The fourth-order valence-electron chi connectivity index (χ4n) is 2.80. The number of ether oxygens (including phenoxy) is 1. The number of methoxy groups -OCH3 is 1. The molecule has 1 aliphatic carbocycles. The number of benzene rings is 1. The summed E-state index contributed by atoms with van der Waals surface area (Å²) in [7, 11) is 1.60. The smallest absolute Gasteiger partial charge is 0.314 e. The molecular formula is C14H18O3. The first-order valence-electron chi connectivity index (χ1n) is 5.90. The third-order valence-corrected chi connectivity index (χ3v) is 3.76. The van der Waals surface area contributed by atoms with Crippen molar-refractivity contribution in [3.63, 3.8) is 0 Å². The van der Waals surface area contributed by atoms with E-state index in [1.807, 2.05) is 26.0 Å². The number of aryl methyl sites for hydroxylation is 2. The van der Waals surface area contributed by atoms with Gasteiger partial charge in [-0.15, -0.1) is 0 Å². The van der Waals surface area contributed by atoms with Crippen molar-refractivity contribution in [3.05, 3.63) is 28.8 Å². The number of aliphatic carboxylic acids is 1. The average Bonchev–Trinajstić information content (AvgIpc) is 2.18. The summed E-state index contributed by atoms with van der Waals surface area (Å²) in [5, 5.41) is 9.50. The van der Waals surface area contributed by atoms with Crippen LogP contribution in [0.15, 0.2) is 12.1 Å². The lowest BCUT2D eigenvalue weighted by molar-refractivity contribution is -0.147. The van der Waals surface area contributed by atoms with Gasteiger partial charge in [0.2, 0.25) is 0 Å². The predicted octanol–water partition coefficient (Wildman–Crippen LogP) is 2.82. The van der Waals surface area contributed by atoms with Crippen molar-refractivity contribution in [1.82, 2.24) is 0 Å². The quantitative estimate of drug-likeness (QED) is 0.874. The van der Waals surface area contributed by atoms with Crippen molar-refractivity contribution < 1.29 is 14.6 Å². The first kappa shape index (κ1) is 12.0. The summed E-state index contributed by atoms with van der Waals surface area (Å²) < 4.78 is 5.38. The van der Waals surface area contributed by atoms with Gasteiger partial charge in [-0.1, -0.05) is 12.5 Å². The highest BCUT2D eigenvalue weighted by atomic mass is 16.5. The van der Waals surface area contributed by atoms with Crippen LogP contribution in [-0.4, -0.2) is 18.2 Å². The third kappa shape index (κ3) is 1.70. The minimum atomic E-state index is -0.728. The van der Waals surface area contributed by atoms with Crippen molar-refractivity contribution in [2.75, 3.05) is 7.11 Å². The zero-order chi connectivity index (χ0) is 12.6. The molecule has 3 heteroatoms. The SMILES string of the molecule is COc1cc(C)cc(C)c1C1(C(=O)O)CCC1. The molecule has 2 rings (SSSR count). The summed E-state index contributed by atoms with van der Waals surface area (Å²) in [6.07, 6.45) is 2.40. The van der Waals surface area contributed by atoms with E-state index < -0.39 is 11.4 Å². The third-order valence-electron chi connectivity index (χ3n) is 3.76. The molecule has 0 unspecified atom stereocenters. The fourth-order valence-corrected chi connectivity index (χ4v) is 2.80. The van der Waals surface area contributed by atoms with E-state index in [4.69, 9.17) is 4.74 Å². The molecule has 1 aliphatic rings. The molecule has 0 aromatic heterocycles. The highest BCUT2D eigenvalue weighted by molar-refractivity contribution is 5.84. The van der Waals surface area contributed by atoms with E-state index >= 15 is 0 Å². The molecule has 0 spiro atoms. The van der Waals surface area contributed by atoms with Gasteiger partial charge in [0.1, 0.15) is 5.75 Å². The standard InChI is InChI=1S/C14H18O3/c1-9-7-10(2)12(11(8-9)17-3)14(13(15)16)5-4-6-14/h7-8H,4-6H2,1-3H3,(H,15,16). The molecule has 92 valence electrons. The first-order valence-corrected chi connectivity index (χ1v) is 5.90. The van der Waals surface area contributed by atoms with Crippen LogP contribution in [0, 0.1) is 13.8 Å².